The molecule has 1 aromatic carbocycles. The number of nitrogens with zero attached hydrogens (tertiary/aromatic N) is 7. The molecule has 0 bridgehead atoms. The summed E-state index contributed by atoms with van der Waals surface area (Å²) in [6.45, 7) is 9.07. The van der Waals surface area contributed by atoms with Crippen molar-refractivity contribution in [3.8, 4) is 0 Å². The quantitative estimate of drug-likeness (QED) is 0.377. The number of rotatable bonds is 4. The van der Waals surface area contributed by atoms with Crippen molar-refractivity contribution >= 4 is 23.1 Å². The Morgan fingerprint density at radius 3 is 2.67 bits per heavy atom. The molecule has 4 aromatic rings. The van der Waals surface area contributed by atoms with Crippen LogP contribution in [0.15, 0.2) is 54.7 Å². The van der Waals surface area contributed by atoms with Gasteiger partial charge in [-0.05, 0) is 74.6 Å². The van der Waals surface area contributed by atoms with Crippen molar-refractivity contribution in [2.24, 2.45) is 5.41 Å². The van der Waals surface area contributed by atoms with Crippen molar-refractivity contribution in [3.05, 3.63) is 83.2 Å². The summed E-state index contributed by atoms with van der Waals surface area (Å²) in [5.41, 5.74) is 4.89. The molecule has 1 amide bonds. The minimum atomic E-state index is -0.189. The molecule has 7 rings (SSSR count). The highest BCUT2D eigenvalue weighted by Gasteiger charge is 2.45. The zero-order chi connectivity index (χ0) is 27.4. The Balaban J connectivity index is 1.06. The normalized spacial score (nSPS) is 22.8. The summed E-state index contributed by atoms with van der Waals surface area (Å²) in [6.07, 6.45) is 4.98. The van der Waals surface area contributed by atoms with Crippen LogP contribution in [0, 0.1) is 25.1 Å². The average molecular weight is 540 g/mol. The molecule has 9 heteroatoms. The van der Waals surface area contributed by atoms with Gasteiger partial charge in [-0.25, -0.2) is 18.9 Å². The summed E-state index contributed by atoms with van der Waals surface area (Å²) >= 11 is 0. The van der Waals surface area contributed by atoms with Crippen LogP contribution in [-0.4, -0.2) is 69.7 Å². The Hall–Kier alpha value is -4.01. The molecule has 2 atom stereocenters. The Kier molecular flexibility index (Phi) is 5.98. The van der Waals surface area contributed by atoms with E-state index in [1.807, 2.05) is 37.1 Å². The van der Waals surface area contributed by atoms with Gasteiger partial charge in [-0.1, -0.05) is 18.2 Å². The van der Waals surface area contributed by atoms with Gasteiger partial charge in [-0.2, -0.15) is 0 Å². The number of carbonyl (C=O) groups is 1. The largest absolute Gasteiger partial charge is 0.370 e. The van der Waals surface area contributed by atoms with Crippen LogP contribution in [0.3, 0.4) is 0 Å². The molecule has 0 radical (unpaired) electrons. The second-order valence-electron chi connectivity index (χ2n) is 11.9. The lowest BCUT2D eigenvalue weighted by atomic mass is 9.86. The van der Waals surface area contributed by atoms with E-state index in [-0.39, 0.29) is 28.9 Å². The lowest BCUT2D eigenvalue weighted by Crippen LogP contribution is -2.34. The van der Waals surface area contributed by atoms with Gasteiger partial charge in [-0.15, -0.1) is 5.10 Å². The molecule has 3 aliphatic heterocycles. The number of likely N-dealkylation sites (tertiary alicyclic amines) is 1. The van der Waals surface area contributed by atoms with E-state index in [4.69, 9.17) is 4.98 Å². The van der Waals surface area contributed by atoms with Gasteiger partial charge >= 0.3 is 0 Å². The van der Waals surface area contributed by atoms with Crippen LogP contribution in [0.5, 0.6) is 0 Å². The number of hydrogen-bond donors (Lipinski definition) is 0. The fourth-order valence-corrected chi connectivity index (χ4v) is 6.84. The zero-order valence-corrected chi connectivity index (χ0v) is 23.1. The first-order valence-corrected chi connectivity index (χ1v) is 14.2. The summed E-state index contributed by atoms with van der Waals surface area (Å²) in [5, 5.41) is 4.64. The van der Waals surface area contributed by atoms with E-state index in [2.05, 4.69) is 38.1 Å². The minimum Gasteiger partial charge on any atom is -0.370 e. The van der Waals surface area contributed by atoms with Crippen LogP contribution < -0.4 is 9.80 Å². The highest BCUT2D eigenvalue weighted by atomic mass is 19.1. The molecular formula is C31H34FN7O. The second kappa shape index (κ2) is 9.57. The van der Waals surface area contributed by atoms with E-state index in [1.54, 1.807) is 16.6 Å². The minimum absolute atomic E-state index is 0.0945. The topological polar surface area (TPSA) is 69.9 Å². The molecule has 3 aromatic heterocycles. The van der Waals surface area contributed by atoms with E-state index in [1.165, 1.54) is 6.07 Å². The number of fused-ring (bicyclic) bond motifs is 1. The third-order valence-corrected chi connectivity index (χ3v) is 9.03. The Morgan fingerprint density at radius 2 is 1.82 bits per heavy atom. The maximum absolute atomic E-state index is 13.8. The standard InChI is InChI=1S/C31H34FN7O/c1-21-15-26(36-12-9-24(17-36)23-6-4-7-25(32)16-23)18-39-29(21)34-28(35-39)30(40)38-14-11-31(20-38)10-13-37(19-31)27-8-3-5-22(2)33-27/h3-8,15-16,18,24H,9-14,17,19-20H2,1-2H3/t24?,31-/m1/s1. The molecule has 8 nitrogen and oxygen atoms in total. The van der Waals surface area contributed by atoms with Gasteiger partial charge in [0.1, 0.15) is 11.6 Å². The van der Waals surface area contributed by atoms with Crippen molar-refractivity contribution in [3.63, 3.8) is 0 Å². The third-order valence-electron chi connectivity index (χ3n) is 9.03. The molecule has 3 fully saturated rings. The van der Waals surface area contributed by atoms with Gasteiger partial charge in [0.15, 0.2) is 5.65 Å². The zero-order valence-electron chi connectivity index (χ0n) is 23.1. The van der Waals surface area contributed by atoms with Crippen LogP contribution in [0.4, 0.5) is 15.9 Å². The van der Waals surface area contributed by atoms with Gasteiger partial charge in [-0.3, -0.25) is 4.79 Å². The Labute approximate surface area is 233 Å². The third kappa shape index (κ3) is 4.47. The summed E-state index contributed by atoms with van der Waals surface area (Å²) < 4.78 is 15.5. The number of aryl methyl sites for hydroxylation is 2. The highest BCUT2D eigenvalue weighted by molar-refractivity contribution is 5.91. The van der Waals surface area contributed by atoms with Crippen LogP contribution >= 0.6 is 0 Å². The first kappa shape index (κ1) is 25.0. The van der Waals surface area contributed by atoms with Gasteiger partial charge in [0.05, 0.1) is 11.9 Å². The fraction of sp³-hybridized carbons (Fsp3) is 0.419. The number of anilines is 2. The number of halogens is 1. The van der Waals surface area contributed by atoms with E-state index in [9.17, 15) is 9.18 Å². The van der Waals surface area contributed by atoms with Crippen molar-refractivity contribution in [2.75, 3.05) is 49.1 Å². The average Bonchev–Trinajstić information content (AvgIpc) is 3.75. The number of hydrogen-bond acceptors (Lipinski definition) is 6. The molecule has 1 spiro atoms. The fourth-order valence-electron chi connectivity index (χ4n) is 6.84. The molecular weight excluding hydrogens is 505 g/mol. The number of amides is 1. The summed E-state index contributed by atoms with van der Waals surface area (Å²) in [4.78, 5) is 29.5. The Morgan fingerprint density at radius 1 is 0.975 bits per heavy atom. The molecule has 0 N–H and O–H groups in total. The number of aromatic nitrogens is 4. The lowest BCUT2D eigenvalue weighted by molar-refractivity contribution is 0.0764. The maximum atomic E-state index is 13.8. The van der Waals surface area contributed by atoms with Crippen LogP contribution in [0.25, 0.3) is 5.65 Å². The Bertz CT molecular complexity index is 1600. The maximum Gasteiger partial charge on any atom is 0.293 e. The molecule has 3 aliphatic rings. The number of carbonyl (C=O) groups excluding carboxylic acids is 1. The predicted octanol–water partition coefficient (Wildman–Crippen LogP) is 4.62. The van der Waals surface area contributed by atoms with Crippen molar-refractivity contribution < 1.29 is 9.18 Å². The monoisotopic (exact) mass is 539 g/mol. The predicted molar refractivity (Wildman–Crippen MR) is 152 cm³/mol. The highest BCUT2D eigenvalue weighted by Crippen LogP contribution is 2.41. The van der Waals surface area contributed by atoms with Crippen molar-refractivity contribution in [2.45, 2.75) is 39.0 Å². The first-order chi connectivity index (χ1) is 19.4. The lowest BCUT2D eigenvalue weighted by Gasteiger charge is -2.25. The van der Waals surface area contributed by atoms with Gasteiger partial charge < -0.3 is 14.7 Å². The number of pyridine rings is 2. The van der Waals surface area contributed by atoms with E-state index >= 15 is 0 Å². The second-order valence-corrected chi connectivity index (χ2v) is 11.9. The van der Waals surface area contributed by atoms with E-state index < -0.39 is 0 Å². The number of benzene rings is 1. The van der Waals surface area contributed by atoms with Crippen LogP contribution in [-0.2, 0) is 0 Å². The molecule has 6 heterocycles. The molecule has 40 heavy (non-hydrogen) atoms. The SMILES string of the molecule is Cc1cccc(N2CC[C@@]3(CCN(C(=O)c4nc5c(C)cc(N6CCC(c7cccc(F)c7)C6)cn5n4)C3)C2)n1. The van der Waals surface area contributed by atoms with Crippen LogP contribution in [0.1, 0.15) is 52.6 Å². The summed E-state index contributed by atoms with van der Waals surface area (Å²) in [6, 6.07) is 15.2. The summed E-state index contributed by atoms with van der Waals surface area (Å²) in [7, 11) is 0. The molecule has 1 unspecified atom stereocenters. The smallest absolute Gasteiger partial charge is 0.293 e. The van der Waals surface area contributed by atoms with E-state index in [0.717, 1.165) is 86.9 Å². The van der Waals surface area contributed by atoms with E-state index in [0.29, 0.717) is 5.65 Å². The van der Waals surface area contributed by atoms with Gasteiger partial charge in [0.25, 0.3) is 5.91 Å². The van der Waals surface area contributed by atoms with Crippen molar-refractivity contribution in [1.82, 2.24) is 24.5 Å². The first-order valence-electron chi connectivity index (χ1n) is 14.2. The van der Waals surface area contributed by atoms with Crippen LogP contribution in [0.2, 0.25) is 0 Å². The van der Waals surface area contributed by atoms with Crippen molar-refractivity contribution in [1.29, 1.82) is 0 Å². The van der Waals surface area contributed by atoms with Gasteiger partial charge in [0, 0.05) is 56.3 Å². The van der Waals surface area contributed by atoms with Gasteiger partial charge in [0.2, 0.25) is 5.82 Å². The summed E-state index contributed by atoms with van der Waals surface area (Å²) in [5.74, 6) is 1.28. The molecule has 3 saturated heterocycles. The molecule has 0 aliphatic carbocycles. The molecule has 206 valence electrons. The molecule has 0 saturated carbocycles.